The Morgan fingerprint density at radius 3 is 2.67 bits per heavy atom. The van der Waals surface area contributed by atoms with Crippen molar-refractivity contribution < 1.29 is 32.2 Å². The molecule has 0 radical (unpaired) electrons. The number of methoxy groups -OCH3 is 1. The van der Waals surface area contributed by atoms with Gasteiger partial charge in [-0.05, 0) is 62.5 Å². The van der Waals surface area contributed by atoms with E-state index in [2.05, 4.69) is 14.5 Å². The van der Waals surface area contributed by atoms with Crippen LogP contribution < -0.4 is 4.74 Å². The molecule has 0 saturated carbocycles. The Labute approximate surface area is 262 Å². The van der Waals surface area contributed by atoms with Crippen LogP contribution in [-0.2, 0) is 29.2 Å². The van der Waals surface area contributed by atoms with Crippen LogP contribution in [0, 0.1) is 11.8 Å². The molecule has 0 spiro atoms. The Bertz CT molecular complexity index is 1880. The lowest BCUT2D eigenvalue weighted by Crippen LogP contribution is -2.35. The first kappa shape index (κ1) is 29.6. The molecule has 2 aliphatic rings. The zero-order valence-electron chi connectivity index (χ0n) is 24.6. The van der Waals surface area contributed by atoms with Crippen molar-refractivity contribution in [3.05, 3.63) is 88.0 Å². The molecule has 2 fully saturated rings. The first-order valence-corrected chi connectivity index (χ1v) is 15.3. The Balaban J connectivity index is 1.07. The fraction of sp³-hybridized carbons (Fsp3) is 0.364. The summed E-state index contributed by atoms with van der Waals surface area (Å²) in [6.07, 6.45) is 2.63. The van der Waals surface area contributed by atoms with E-state index in [1.165, 1.54) is 19.2 Å². The van der Waals surface area contributed by atoms with Crippen LogP contribution in [0.25, 0.3) is 22.1 Å². The molecule has 9 nitrogen and oxygen atoms in total. The Morgan fingerprint density at radius 2 is 1.91 bits per heavy atom. The largest absolute Gasteiger partial charge is 0.485 e. The quantitative estimate of drug-likeness (QED) is 0.166. The number of pyridine rings is 1. The number of fused-ring (bicyclic) bond motifs is 2. The molecule has 1 atom stereocenters. The Hall–Kier alpha value is -4.06. The first-order chi connectivity index (χ1) is 21.9. The van der Waals surface area contributed by atoms with Gasteiger partial charge in [0.1, 0.15) is 23.5 Å². The minimum absolute atomic E-state index is 0.0000546. The minimum atomic E-state index is -0.744. The molecule has 0 amide bonds. The highest BCUT2D eigenvalue weighted by Crippen LogP contribution is 2.37. The fourth-order valence-electron chi connectivity index (χ4n) is 6.19. The van der Waals surface area contributed by atoms with Crippen LogP contribution in [0.4, 0.5) is 8.78 Å². The van der Waals surface area contributed by atoms with Gasteiger partial charge in [-0.25, -0.2) is 19.2 Å². The number of rotatable bonds is 9. The molecule has 3 aromatic heterocycles. The smallest absolute Gasteiger partial charge is 0.356 e. The van der Waals surface area contributed by atoms with Crippen molar-refractivity contribution in [1.82, 2.24) is 19.4 Å². The summed E-state index contributed by atoms with van der Waals surface area (Å²) in [6.45, 7) is 3.48. The lowest BCUT2D eigenvalue weighted by molar-refractivity contribution is -0.0593. The summed E-state index contributed by atoms with van der Waals surface area (Å²) in [4.78, 5) is 23.9. The van der Waals surface area contributed by atoms with E-state index in [1.807, 2.05) is 6.07 Å². The third-order valence-corrected chi connectivity index (χ3v) is 9.02. The number of carbonyl (C=O) groups excluding carboxylic acids is 1. The second kappa shape index (κ2) is 12.4. The van der Waals surface area contributed by atoms with Gasteiger partial charge in [0.2, 0.25) is 0 Å². The standard InChI is InChI=1S/C33H31ClF2N4O5/c1-42-33(41)27-8-7-26-32(38-27)40(16-21-11-14-43-21)29(37-26)17-39-12-9-19(10-13-39)22-3-2-4-25(35)31(22)44-18-20-5-6-24(34)23-15-28(36)45-30(20)23/h2-8,15,19,21H,9-14,16-18H2,1H3/t21-/m0/s1. The van der Waals surface area contributed by atoms with Crippen LogP contribution in [0.2, 0.25) is 5.02 Å². The summed E-state index contributed by atoms with van der Waals surface area (Å²) >= 11 is 6.20. The number of imidazole rings is 1. The molecule has 2 aromatic carbocycles. The van der Waals surface area contributed by atoms with Gasteiger partial charge in [0, 0.05) is 29.2 Å². The molecule has 12 heteroatoms. The molecule has 0 aliphatic carbocycles. The van der Waals surface area contributed by atoms with E-state index in [4.69, 9.17) is 35.2 Å². The fourth-order valence-corrected chi connectivity index (χ4v) is 6.40. The van der Waals surface area contributed by atoms with E-state index in [9.17, 15) is 9.18 Å². The average molecular weight is 637 g/mol. The van der Waals surface area contributed by atoms with E-state index in [1.54, 1.807) is 30.3 Å². The van der Waals surface area contributed by atoms with Crippen LogP contribution in [0.5, 0.6) is 5.75 Å². The maximum Gasteiger partial charge on any atom is 0.356 e. The topological polar surface area (TPSA) is 91.8 Å². The number of piperidine rings is 1. The normalized spacial score (nSPS) is 17.6. The van der Waals surface area contributed by atoms with Crippen molar-refractivity contribution in [1.29, 1.82) is 0 Å². The van der Waals surface area contributed by atoms with Gasteiger partial charge in [0.05, 0.1) is 31.3 Å². The number of benzene rings is 2. The number of hydrogen-bond acceptors (Lipinski definition) is 8. The Morgan fingerprint density at radius 1 is 1.09 bits per heavy atom. The molecule has 2 aliphatic heterocycles. The van der Waals surface area contributed by atoms with E-state index >= 15 is 4.39 Å². The van der Waals surface area contributed by atoms with Crippen LogP contribution in [0.1, 0.15) is 52.6 Å². The molecular formula is C33H31ClF2N4O5. The lowest BCUT2D eigenvalue weighted by atomic mass is 9.88. The van der Waals surface area contributed by atoms with Gasteiger partial charge >= 0.3 is 5.97 Å². The zero-order valence-corrected chi connectivity index (χ0v) is 25.4. The summed E-state index contributed by atoms with van der Waals surface area (Å²) in [5, 5.41) is 0.818. The molecule has 5 aromatic rings. The Kier molecular flexibility index (Phi) is 8.15. The SMILES string of the molecule is COC(=O)c1ccc2nc(CN3CCC(c4cccc(F)c4OCc4ccc(Cl)c5cc(F)oc45)CC3)n(C[C@@H]3CCO3)c2n1. The highest BCUT2D eigenvalue weighted by molar-refractivity contribution is 6.35. The van der Waals surface area contributed by atoms with Gasteiger partial charge in [0.25, 0.3) is 6.01 Å². The van der Waals surface area contributed by atoms with E-state index in [-0.39, 0.29) is 35.7 Å². The van der Waals surface area contributed by atoms with Crippen molar-refractivity contribution in [2.45, 2.75) is 51.0 Å². The minimum Gasteiger partial charge on any atom is -0.485 e. The monoisotopic (exact) mass is 636 g/mol. The van der Waals surface area contributed by atoms with Crippen molar-refractivity contribution in [3.8, 4) is 5.75 Å². The molecule has 5 heterocycles. The van der Waals surface area contributed by atoms with Crippen molar-refractivity contribution in [3.63, 3.8) is 0 Å². The van der Waals surface area contributed by atoms with Crippen LogP contribution in [0.15, 0.2) is 52.9 Å². The molecule has 0 N–H and O–H groups in total. The zero-order chi connectivity index (χ0) is 31.1. The second-order valence-corrected chi connectivity index (χ2v) is 11.9. The molecule has 7 rings (SSSR count). The third-order valence-electron chi connectivity index (χ3n) is 8.69. The number of nitrogens with zero attached hydrogens (tertiary/aromatic N) is 4. The summed E-state index contributed by atoms with van der Waals surface area (Å²) in [5.41, 5.74) is 3.25. The summed E-state index contributed by atoms with van der Waals surface area (Å²) in [7, 11) is 1.33. The summed E-state index contributed by atoms with van der Waals surface area (Å²) < 4.78 is 52.9. The molecular weight excluding hydrogens is 606 g/mol. The maximum atomic E-state index is 15.1. The number of carbonyl (C=O) groups is 1. The molecule has 45 heavy (non-hydrogen) atoms. The van der Waals surface area contributed by atoms with E-state index < -0.39 is 17.8 Å². The number of para-hydroxylation sites is 1. The van der Waals surface area contributed by atoms with Gasteiger partial charge in [-0.2, -0.15) is 4.39 Å². The number of hydrogen-bond donors (Lipinski definition) is 0. The highest BCUT2D eigenvalue weighted by atomic mass is 35.5. The molecule has 234 valence electrons. The predicted molar refractivity (Wildman–Crippen MR) is 162 cm³/mol. The van der Waals surface area contributed by atoms with Crippen molar-refractivity contribution >= 4 is 39.7 Å². The summed E-state index contributed by atoms with van der Waals surface area (Å²) in [6, 6.07) is 12.3. The third kappa shape index (κ3) is 5.87. The van der Waals surface area contributed by atoms with Crippen LogP contribution in [0.3, 0.4) is 0 Å². The molecule has 2 saturated heterocycles. The number of halogens is 3. The molecule has 0 unspecified atom stereocenters. The molecule has 0 bridgehead atoms. The summed E-state index contributed by atoms with van der Waals surface area (Å²) in [5.74, 6) is 0.194. The van der Waals surface area contributed by atoms with Crippen LogP contribution in [-0.4, -0.2) is 58.3 Å². The van der Waals surface area contributed by atoms with Gasteiger partial charge in [-0.15, -0.1) is 0 Å². The number of likely N-dealkylation sites (tertiary alicyclic amines) is 1. The first-order valence-electron chi connectivity index (χ1n) is 14.9. The predicted octanol–water partition coefficient (Wildman–Crippen LogP) is 6.64. The van der Waals surface area contributed by atoms with E-state index in [0.29, 0.717) is 40.2 Å². The number of aromatic nitrogens is 3. The maximum absolute atomic E-state index is 15.1. The number of esters is 1. The van der Waals surface area contributed by atoms with Gasteiger partial charge < -0.3 is 23.2 Å². The number of furan rings is 1. The number of ether oxygens (including phenoxy) is 3. The van der Waals surface area contributed by atoms with Crippen molar-refractivity contribution in [2.75, 3.05) is 26.8 Å². The lowest BCUT2D eigenvalue weighted by Gasteiger charge is -2.33. The van der Waals surface area contributed by atoms with Gasteiger partial charge in [-0.3, -0.25) is 4.90 Å². The van der Waals surface area contributed by atoms with Gasteiger partial charge in [0.15, 0.2) is 22.9 Å². The second-order valence-electron chi connectivity index (χ2n) is 11.4. The van der Waals surface area contributed by atoms with E-state index in [0.717, 1.165) is 50.3 Å². The van der Waals surface area contributed by atoms with Crippen molar-refractivity contribution in [2.24, 2.45) is 0 Å². The highest BCUT2D eigenvalue weighted by Gasteiger charge is 2.28. The van der Waals surface area contributed by atoms with Crippen LogP contribution >= 0.6 is 11.6 Å². The average Bonchev–Trinajstić information content (AvgIpc) is 3.59. The van der Waals surface area contributed by atoms with Gasteiger partial charge in [-0.1, -0.05) is 29.8 Å².